The molecule has 1 fully saturated rings. The molecule has 21 heavy (non-hydrogen) atoms. The van der Waals surface area contributed by atoms with Crippen molar-refractivity contribution in [2.24, 2.45) is 11.7 Å². The third-order valence-corrected chi connectivity index (χ3v) is 4.85. The van der Waals surface area contributed by atoms with Crippen molar-refractivity contribution >= 4 is 0 Å². The van der Waals surface area contributed by atoms with E-state index < -0.39 is 0 Å². The Morgan fingerprint density at radius 1 is 1.24 bits per heavy atom. The molecular formula is C19H32N2. The molecule has 1 aliphatic rings. The summed E-state index contributed by atoms with van der Waals surface area (Å²) >= 11 is 0. The maximum absolute atomic E-state index is 5.74. The van der Waals surface area contributed by atoms with Crippen LogP contribution in [0.3, 0.4) is 0 Å². The van der Waals surface area contributed by atoms with E-state index in [4.69, 9.17) is 5.73 Å². The average Bonchev–Trinajstić information content (AvgIpc) is 2.98. The second-order valence-electron chi connectivity index (χ2n) is 7.06. The van der Waals surface area contributed by atoms with Gasteiger partial charge in [0.15, 0.2) is 0 Å². The molecule has 0 amide bonds. The fraction of sp³-hybridized carbons (Fsp3) is 0.684. The first kappa shape index (κ1) is 16.5. The number of nitrogens with zero attached hydrogens (tertiary/aromatic N) is 1. The monoisotopic (exact) mass is 288 g/mol. The molecule has 118 valence electrons. The summed E-state index contributed by atoms with van der Waals surface area (Å²) in [4.78, 5) is 2.73. The van der Waals surface area contributed by atoms with Crippen molar-refractivity contribution < 1.29 is 0 Å². The zero-order valence-corrected chi connectivity index (χ0v) is 14.1. The molecule has 1 saturated carbocycles. The Kier molecular flexibility index (Phi) is 6.25. The van der Waals surface area contributed by atoms with Crippen molar-refractivity contribution in [1.82, 2.24) is 4.90 Å². The Balaban J connectivity index is 2.06. The van der Waals surface area contributed by atoms with Gasteiger partial charge in [0.05, 0.1) is 0 Å². The van der Waals surface area contributed by atoms with Crippen LogP contribution in [0.25, 0.3) is 0 Å². The van der Waals surface area contributed by atoms with Crippen LogP contribution in [0.2, 0.25) is 0 Å². The van der Waals surface area contributed by atoms with Crippen LogP contribution >= 0.6 is 0 Å². The molecule has 0 aromatic heterocycles. The molecular weight excluding hydrogens is 256 g/mol. The highest BCUT2D eigenvalue weighted by molar-refractivity contribution is 5.31. The molecule has 0 saturated heterocycles. The lowest BCUT2D eigenvalue weighted by atomic mass is 10.0. The van der Waals surface area contributed by atoms with Crippen LogP contribution < -0.4 is 5.73 Å². The van der Waals surface area contributed by atoms with E-state index in [-0.39, 0.29) is 0 Å². The molecule has 1 aromatic rings. The SMILES string of the molecule is Cc1cc(CN)ccc1CN(CCC(C)C)C1CCCC1. The number of hydrogen-bond donors (Lipinski definition) is 1. The molecule has 0 unspecified atom stereocenters. The number of hydrogen-bond acceptors (Lipinski definition) is 2. The van der Waals surface area contributed by atoms with Crippen LogP contribution in [0.5, 0.6) is 0 Å². The van der Waals surface area contributed by atoms with Crippen molar-refractivity contribution in [1.29, 1.82) is 0 Å². The van der Waals surface area contributed by atoms with Crippen molar-refractivity contribution in [3.8, 4) is 0 Å². The van der Waals surface area contributed by atoms with Crippen LogP contribution in [-0.2, 0) is 13.1 Å². The largest absolute Gasteiger partial charge is 0.326 e. The number of benzene rings is 1. The van der Waals surface area contributed by atoms with Crippen molar-refractivity contribution in [3.05, 3.63) is 34.9 Å². The van der Waals surface area contributed by atoms with Crippen molar-refractivity contribution in [3.63, 3.8) is 0 Å². The van der Waals surface area contributed by atoms with Gasteiger partial charge in [-0.3, -0.25) is 4.90 Å². The van der Waals surface area contributed by atoms with Gasteiger partial charge in [0.1, 0.15) is 0 Å². The highest BCUT2D eigenvalue weighted by atomic mass is 15.2. The molecule has 0 spiro atoms. The second kappa shape index (κ2) is 7.95. The molecule has 0 bridgehead atoms. The van der Waals surface area contributed by atoms with E-state index in [2.05, 4.69) is 43.9 Å². The first-order chi connectivity index (χ1) is 10.1. The third-order valence-electron chi connectivity index (χ3n) is 4.85. The van der Waals surface area contributed by atoms with Gasteiger partial charge in [-0.15, -0.1) is 0 Å². The van der Waals surface area contributed by atoms with E-state index in [1.54, 1.807) is 0 Å². The quantitative estimate of drug-likeness (QED) is 0.813. The summed E-state index contributed by atoms with van der Waals surface area (Å²) in [7, 11) is 0. The first-order valence-electron chi connectivity index (χ1n) is 8.62. The lowest BCUT2D eigenvalue weighted by Gasteiger charge is -2.30. The third kappa shape index (κ3) is 4.82. The predicted molar refractivity (Wildman–Crippen MR) is 91.2 cm³/mol. The summed E-state index contributed by atoms with van der Waals surface area (Å²) in [5, 5.41) is 0. The van der Waals surface area contributed by atoms with Gasteiger partial charge < -0.3 is 5.73 Å². The maximum Gasteiger partial charge on any atom is 0.0239 e. The Bertz CT molecular complexity index is 433. The highest BCUT2D eigenvalue weighted by Crippen LogP contribution is 2.26. The summed E-state index contributed by atoms with van der Waals surface area (Å²) in [5.41, 5.74) is 9.85. The minimum atomic E-state index is 0.640. The first-order valence-corrected chi connectivity index (χ1v) is 8.62. The van der Waals surface area contributed by atoms with Crippen LogP contribution in [0.4, 0.5) is 0 Å². The van der Waals surface area contributed by atoms with E-state index >= 15 is 0 Å². The van der Waals surface area contributed by atoms with Crippen molar-refractivity contribution in [2.45, 2.75) is 72.0 Å². The van der Waals surface area contributed by atoms with Crippen LogP contribution in [0.1, 0.15) is 62.6 Å². The predicted octanol–water partition coefficient (Wildman–Crippen LogP) is 4.24. The summed E-state index contributed by atoms with van der Waals surface area (Å²) in [6.45, 7) is 9.86. The zero-order chi connectivity index (χ0) is 15.2. The lowest BCUT2D eigenvalue weighted by molar-refractivity contribution is 0.179. The van der Waals surface area contributed by atoms with Crippen LogP contribution in [0, 0.1) is 12.8 Å². The van der Waals surface area contributed by atoms with E-state index in [9.17, 15) is 0 Å². The topological polar surface area (TPSA) is 29.3 Å². The van der Waals surface area contributed by atoms with Gasteiger partial charge in [-0.25, -0.2) is 0 Å². The molecule has 2 heteroatoms. The molecule has 2 nitrogen and oxygen atoms in total. The van der Waals surface area contributed by atoms with E-state index in [1.165, 1.54) is 55.3 Å². The Labute approximate surface area is 130 Å². The summed E-state index contributed by atoms with van der Waals surface area (Å²) < 4.78 is 0. The van der Waals surface area contributed by atoms with Gasteiger partial charge in [-0.2, -0.15) is 0 Å². The standard InChI is InChI=1S/C19H32N2/c1-15(2)10-11-21(19-6-4-5-7-19)14-18-9-8-17(13-20)12-16(18)3/h8-9,12,15,19H,4-7,10-11,13-14,20H2,1-3H3. The zero-order valence-electron chi connectivity index (χ0n) is 14.1. The highest BCUT2D eigenvalue weighted by Gasteiger charge is 2.23. The van der Waals surface area contributed by atoms with Gasteiger partial charge in [0.25, 0.3) is 0 Å². The van der Waals surface area contributed by atoms with Gasteiger partial charge in [0, 0.05) is 19.1 Å². The summed E-state index contributed by atoms with van der Waals surface area (Å²) in [6.07, 6.45) is 6.90. The minimum Gasteiger partial charge on any atom is -0.326 e. The van der Waals surface area contributed by atoms with E-state index in [0.29, 0.717) is 6.54 Å². The smallest absolute Gasteiger partial charge is 0.0239 e. The Morgan fingerprint density at radius 3 is 2.52 bits per heavy atom. The number of aryl methyl sites for hydroxylation is 1. The molecule has 1 aliphatic carbocycles. The summed E-state index contributed by atoms with van der Waals surface area (Å²) in [5.74, 6) is 0.787. The van der Waals surface area contributed by atoms with Crippen molar-refractivity contribution in [2.75, 3.05) is 6.54 Å². The van der Waals surface area contributed by atoms with Gasteiger partial charge in [-0.1, -0.05) is 44.9 Å². The lowest BCUT2D eigenvalue weighted by Crippen LogP contribution is -2.34. The number of rotatable bonds is 7. The molecule has 0 aliphatic heterocycles. The van der Waals surface area contributed by atoms with E-state index in [1.807, 2.05) is 0 Å². The normalized spacial score (nSPS) is 16.3. The van der Waals surface area contributed by atoms with Gasteiger partial charge >= 0.3 is 0 Å². The fourth-order valence-electron chi connectivity index (χ4n) is 3.37. The Morgan fingerprint density at radius 2 is 1.95 bits per heavy atom. The Hall–Kier alpha value is -0.860. The van der Waals surface area contributed by atoms with Crippen LogP contribution in [-0.4, -0.2) is 17.5 Å². The molecule has 0 atom stereocenters. The molecule has 1 aromatic carbocycles. The second-order valence-corrected chi connectivity index (χ2v) is 7.06. The molecule has 2 N–H and O–H groups in total. The minimum absolute atomic E-state index is 0.640. The van der Waals surface area contributed by atoms with Gasteiger partial charge in [0.2, 0.25) is 0 Å². The summed E-state index contributed by atoms with van der Waals surface area (Å²) in [6, 6.07) is 7.54. The molecule has 0 heterocycles. The average molecular weight is 288 g/mol. The van der Waals surface area contributed by atoms with E-state index in [0.717, 1.165) is 18.5 Å². The van der Waals surface area contributed by atoms with Crippen LogP contribution in [0.15, 0.2) is 18.2 Å². The number of nitrogens with two attached hydrogens (primary N) is 1. The van der Waals surface area contributed by atoms with Gasteiger partial charge in [-0.05, 0) is 55.3 Å². The molecule has 0 radical (unpaired) electrons. The maximum atomic E-state index is 5.74. The molecule has 2 rings (SSSR count). The fourth-order valence-corrected chi connectivity index (χ4v) is 3.37.